The van der Waals surface area contributed by atoms with Gasteiger partial charge in [0.15, 0.2) is 0 Å². The first-order chi connectivity index (χ1) is 14.5. The molecule has 0 saturated carbocycles. The van der Waals surface area contributed by atoms with Crippen molar-refractivity contribution in [2.45, 2.75) is 10.9 Å². The molecule has 0 radical (unpaired) electrons. The molecule has 0 bridgehead atoms. The predicted octanol–water partition coefficient (Wildman–Crippen LogP) is 3.68. The van der Waals surface area contributed by atoms with Crippen molar-refractivity contribution >= 4 is 21.4 Å². The van der Waals surface area contributed by atoms with Gasteiger partial charge in [-0.25, -0.2) is 13.1 Å². The maximum atomic E-state index is 13.0. The van der Waals surface area contributed by atoms with Crippen LogP contribution in [0.15, 0.2) is 76.3 Å². The van der Waals surface area contributed by atoms with Crippen molar-refractivity contribution in [3.05, 3.63) is 77.0 Å². The summed E-state index contributed by atoms with van der Waals surface area (Å²) in [5.41, 5.74) is 3.25. The highest BCUT2D eigenvalue weighted by Gasteiger charge is 2.26. The van der Waals surface area contributed by atoms with Crippen LogP contribution >= 0.6 is 11.3 Å². The van der Waals surface area contributed by atoms with Crippen molar-refractivity contribution in [3.63, 3.8) is 0 Å². The van der Waals surface area contributed by atoms with Crippen LogP contribution in [0.5, 0.6) is 0 Å². The highest BCUT2D eigenvalue weighted by molar-refractivity contribution is 7.89. The largest absolute Gasteiger partial charge is 0.304 e. The van der Waals surface area contributed by atoms with Gasteiger partial charge in [-0.15, -0.1) is 0 Å². The number of piperazine rings is 1. The van der Waals surface area contributed by atoms with Gasteiger partial charge < -0.3 is 4.90 Å². The fourth-order valence-corrected chi connectivity index (χ4v) is 5.53. The first-order valence-corrected chi connectivity index (χ1v) is 12.6. The zero-order chi connectivity index (χ0) is 21.0. The predicted molar refractivity (Wildman–Crippen MR) is 123 cm³/mol. The van der Waals surface area contributed by atoms with Crippen LogP contribution in [0.2, 0.25) is 0 Å². The van der Waals surface area contributed by atoms with Crippen molar-refractivity contribution in [2.24, 2.45) is 0 Å². The summed E-state index contributed by atoms with van der Waals surface area (Å²) in [5.74, 6) is 0. The molecule has 2 aromatic carbocycles. The quantitative estimate of drug-likeness (QED) is 0.608. The van der Waals surface area contributed by atoms with Crippen LogP contribution < -0.4 is 4.72 Å². The molecule has 1 aromatic heterocycles. The summed E-state index contributed by atoms with van der Waals surface area (Å²) in [6.45, 7) is 4.22. The van der Waals surface area contributed by atoms with Crippen molar-refractivity contribution < 1.29 is 8.42 Å². The number of nitrogens with one attached hydrogen (secondary N) is 1. The standard InChI is InChI=1S/C23H27N3O2S2/c1-25-12-14-26(15-13-25)23(21-11-16-29-18-21)17-24-30(27,28)22-9-7-20(8-10-22)19-5-3-2-4-6-19/h2-11,16,18,23-24H,12-15,17H2,1H3/t23-/m0/s1. The number of benzene rings is 2. The SMILES string of the molecule is CN1CCN([C@@H](CNS(=O)(=O)c2ccc(-c3ccccc3)cc2)c2ccsc2)CC1. The number of rotatable bonds is 7. The molecule has 7 heteroatoms. The van der Waals surface area contributed by atoms with Crippen LogP contribution in [-0.2, 0) is 10.0 Å². The number of thiophene rings is 1. The van der Waals surface area contributed by atoms with Crippen molar-refractivity contribution in [2.75, 3.05) is 39.8 Å². The molecule has 1 fully saturated rings. The number of nitrogens with zero attached hydrogens (tertiary/aromatic N) is 2. The van der Waals surface area contributed by atoms with E-state index >= 15 is 0 Å². The van der Waals surface area contributed by atoms with Crippen LogP contribution in [0, 0.1) is 0 Å². The molecule has 3 aromatic rings. The molecule has 1 aliphatic heterocycles. The molecule has 0 amide bonds. The minimum absolute atomic E-state index is 0.0447. The van der Waals surface area contributed by atoms with E-state index in [1.54, 1.807) is 23.5 Å². The van der Waals surface area contributed by atoms with E-state index in [9.17, 15) is 8.42 Å². The number of likely N-dealkylation sites (N-methyl/N-ethyl adjacent to an activating group) is 1. The molecule has 1 saturated heterocycles. The Morgan fingerprint density at radius 1 is 0.933 bits per heavy atom. The Kier molecular flexibility index (Phi) is 6.65. The fourth-order valence-electron chi connectivity index (χ4n) is 3.79. The van der Waals surface area contributed by atoms with Gasteiger partial charge in [0.2, 0.25) is 10.0 Å². The number of hydrogen-bond acceptors (Lipinski definition) is 5. The zero-order valence-corrected chi connectivity index (χ0v) is 18.7. The van der Waals surface area contributed by atoms with Gasteiger partial charge in [-0.05, 0) is 52.7 Å². The van der Waals surface area contributed by atoms with Gasteiger partial charge in [-0.2, -0.15) is 11.3 Å². The topological polar surface area (TPSA) is 52.6 Å². The molecule has 158 valence electrons. The Labute approximate surface area is 183 Å². The molecule has 4 rings (SSSR count). The molecule has 30 heavy (non-hydrogen) atoms. The summed E-state index contributed by atoms with van der Waals surface area (Å²) in [6.07, 6.45) is 0. The van der Waals surface area contributed by atoms with Gasteiger partial charge >= 0.3 is 0 Å². The summed E-state index contributed by atoms with van der Waals surface area (Å²) in [5, 5.41) is 4.17. The second-order valence-corrected chi connectivity index (χ2v) is 10.2. The highest BCUT2D eigenvalue weighted by Crippen LogP contribution is 2.25. The lowest BCUT2D eigenvalue weighted by molar-refractivity contribution is 0.113. The summed E-state index contributed by atoms with van der Waals surface area (Å²) in [7, 11) is -1.45. The van der Waals surface area contributed by atoms with Crippen molar-refractivity contribution in [1.82, 2.24) is 14.5 Å². The second-order valence-electron chi connectivity index (χ2n) is 7.65. The molecule has 1 atom stereocenters. The molecule has 5 nitrogen and oxygen atoms in total. The van der Waals surface area contributed by atoms with E-state index in [-0.39, 0.29) is 6.04 Å². The zero-order valence-electron chi connectivity index (χ0n) is 17.1. The van der Waals surface area contributed by atoms with Gasteiger partial charge in [0, 0.05) is 38.8 Å². The molecule has 0 spiro atoms. The Hall–Kier alpha value is -2.03. The van der Waals surface area contributed by atoms with Crippen molar-refractivity contribution in [1.29, 1.82) is 0 Å². The van der Waals surface area contributed by atoms with Crippen LogP contribution in [0.1, 0.15) is 11.6 Å². The van der Waals surface area contributed by atoms with E-state index in [1.165, 1.54) is 5.56 Å². The van der Waals surface area contributed by atoms with Crippen molar-refractivity contribution in [3.8, 4) is 11.1 Å². The molecule has 0 unspecified atom stereocenters. The summed E-state index contributed by atoms with van der Waals surface area (Å²) in [4.78, 5) is 4.98. The third kappa shape index (κ3) is 4.99. The minimum atomic E-state index is -3.58. The molecular formula is C23H27N3O2S2. The van der Waals surface area contributed by atoms with E-state index in [0.29, 0.717) is 11.4 Å². The van der Waals surface area contributed by atoms with E-state index in [4.69, 9.17) is 0 Å². The highest BCUT2D eigenvalue weighted by atomic mass is 32.2. The molecule has 2 heterocycles. The normalized spacial score (nSPS) is 17.1. The Balaban J connectivity index is 1.47. The van der Waals surface area contributed by atoms with Crippen LogP contribution in [-0.4, -0.2) is 58.0 Å². The van der Waals surface area contributed by atoms with Gasteiger partial charge in [0.25, 0.3) is 0 Å². The average molecular weight is 442 g/mol. The fraction of sp³-hybridized carbons (Fsp3) is 0.304. The first kappa shape index (κ1) is 21.2. The lowest BCUT2D eigenvalue weighted by atomic mass is 10.1. The Morgan fingerprint density at radius 2 is 1.60 bits per heavy atom. The Bertz CT molecular complexity index is 1030. The lowest BCUT2D eigenvalue weighted by Crippen LogP contribution is -2.48. The number of hydrogen-bond donors (Lipinski definition) is 1. The number of sulfonamides is 1. The summed E-state index contributed by atoms with van der Waals surface area (Å²) in [6, 6.07) is 19.2. The van der Waals surface area contributed by atoms with Crippen LogP contribution in [0.3, 0.4) is 0 Å². The van der Waals surface area contributed by atoms with Gasteiger partial charge in [0.05, 0.1) is 4.90 Å². The van der Waals surface area contributed by atoms with E-state index < -0.39 is 10.0 Å². The average Bonchev–Trinajstić information content (AvgIpc) is 3.30. The molecule has 1 N–H and O–H groups in total. The van der Waals surface area contributed by atoms with Gasteiger partial charge in [0.1, 0.15) is 0 Å². The van der Waals surface area contributed by atoms with E-state index in [2.05, 4.69) is 38.4 Å². The first-order valence-electron chi connectivity index (χ1n) is 10.1. The van der Waals surface area contributed by atoms with Gasteiger partial charge in [-0.1, -0.05) is 42.5 Å². The summed E-state index contributed by atoms with van der Waals surface area (Å²) >= 11 is 1.65. The van der Waals surface area contributed by atoms with E-state index in [1.807, 2.05) is 42.5 Å². The third-order valence-corrected chi connectivity index (χ3v) is 7.79. The summed E-state index contributed by atoms with van der Waals surface area (Å²) < 4.78 is 28.8. The third-order valence-electron chi connectivity index (χ3n) is 5.65. The maximum absolute atomic E-state index is 13.0. The minimum Gasteiger partial charge on any atom is -0.304 e. The van der Waals surface area contributed by atoms with Gasteiger partial charge in [-0.3, -0.25) is 4.90 Å². The van der Waals surface area contributed by atoms with E-state index in [0.717, 1.165) is 37.3 Å². The van der Waals surface area contributed by atoms with Crippen LogP contribution in [0.4, 0.5) is 0 Å². The molecule has 0 aliphatic carbocycles. The Morgan fingerprint density at radius 3 is 2.23 bits per heavy atom. The van der Waals surface area contributed by atoms with Crippen LogP contribution in [0.25, 0.3) is 11.1 Å². The second kappa shape index (κ2) is 9.41. The monoisotopic (exact) mass is 441 g/mol. The maximum Gasteiger partial charge on any atom is 0.240 e. The molecule has 1 aliphatic rings. The smallest absolute Gasteiger partial charge is 0.240 e. The lowest BCUT2D eigenvalue weighted by Gasteiger charge is -2.37. The molecular weight excluding hydrogens is 414 g/mol.